The van der Waals surface area contributed by atoms with Gasteiger partial charge in [0.15, 0.2) is 0 Å². The van der Waals surface area contributed by atoms with Crippen LogP contribution in [0.25, 0.3) is 0 Å². The molecule has 1 saturated carbocycles. The highest BCUT2D eigenvalue weighted by atomic mass is 16.5. The summed E-state index contributed by atoms with van der Waals surface area (Å²) in [6.07, 6.45) is 0. The van der Waals surface area contributed by atoms with Gasteiger partial charge in [-0.25, -0.2) is 4.79 Å². The van der Waals surface area contributed by atoms with Gasteiger partial charge in [0.25, 0.3) is 0 Å². The van der Waals surface area contributed by atoms with Crippen molar-refractivity contribution in [2.45, 2.75) is 12.1 Å². The molecule has 3 aromatic carbocycles. The lowest BCUT2D eigenvalue weighted by atomic mass is 9.86. The summed E-state index contributed by atoms with van der Waals surface area (Å²) in [4.78, 5) is 15.6. The number of aliphatic hydroxyl groups is 1. The van der Waals surface area contributed by atoms with Crippen LogP contribution in [0.2, 0.25) is 0 Å². The summed E-state index contributed by atoms with van der Waals surface area (Å²) >= 11 is 0. The maximum absolute atomic E-state index is 13.1. The molecule has 158 valence electrons. The first-order valence-corrected chi connectivity index (χ1v) is 10.9. The molecule has 0 aromatic heterocycles. The fraction of sp³-hybridized carbons (Fsp3) is 0.296. The van der Waals surface area contributed by atoms with Crippen molar-refractivity contribution in [2.75, 3.05) is 19.7 Å². The summed E-state index contributed by atoms with van der Waals surface area (Å²) in [6, 6.07) is 28.6. The number of benzene rings is 3. The van der Waals surface area contributed by atoms with Crippen LogP contribution in [0.5, 0.6) is 0 Å². The number of piperidine rings is 1. The molecule has 0 radical (unpaired) electrons. The molecule has 1 saturated heterocycles. The van der Waals surface area contributed by atoms with Gasteiger partial charge in [-0.05, 0) is 28.5 Å². The quantitative estimate of drug-likeness (QED) is 0.598. The minimum absolute atomic E-state index is 0.370. The van der Waals surface area contributed by atoms with E-state index in [9.17, 15) is 9.90 Å². The molecular formula is C27H27NO3. The van der Waals surface area contributed by atoms with E-state index in [0.29, 0.717) is 35.5 Å². The van der Waals surface area contributed by atoms with Crippen molar-refractivity contribution in [2.24, 2.45) is 17.8 Å². The Balaban J connectivity index is 1.21. The van der Waals surface area contributed by atoms with Crippen LogP contribution in [-0.2, 0) is 21.7 Å². The number of fused-ring (bicyclic) bond motifs is 1. The van der Waals surface area contributed by atoms with Gasteiger partial charge < -0.3 is 9.84 Å². The molecule has 2 aliphatic rings. The van der Waals surface area contributed by atoms with Gasteiger partial charge in [-0.15, -0.1) is 0 Å². The molecule has 1 aliphatic heterocycles. The smallest absolute Gasteiger partial charge is 0.347 e. The minimum atomic E-state index is -1.80. The third kappa shape index (κ3) is 3.89. The SMILES string of the molecule is O=C(OCC1C2CN(Cc3ccccc3)CC12)C(O)(c1ccccc1)c1ccccc1. The zero-order valence-electron chi connectivity index (χ0n) is 17.4. The molecule has 1 heterocycles. The molecule has 1 aliphatic carbocycles. The average molecular weight is 414 g/mol. The molecule has 2 atom stereocenters. The molecule has 4 heteroatoms. The highest BCUT2D eigenvalue weighted by Gasteiger charge is 2.56. The van der Waals surface area contributed by atoms with E-state index in [0.717, 1.165) is 19.6 Å². The second-order valence-corrected chi connectivity index (χ2v) is 8.71. The monoisotopic (exact) mass is 413 g/mol. The Hall–Kier alpha value is -2.95. The van der Waals surface area contributed by atoms with Crippen molar-refractivity contribution in [3.8, 4) is 0 Å². The van der Waals surface area contributed by atoms with Crippen molar-refractivity contribution in [1.82, 2.24) is 4.90 Å². The van der Waals surface area contributed by atoms with Gasteiger partial charge in [0, 0.05) is 25.6 Å². The third-order valence-corrected chi connectivity index (χ3v) is 6.78. The number of esters is 1. The standard InChI is InChI=1S/C27H27NO3/c29-26(27(30,21-12-6-2-7-13-21)22-14-8-3-9-15-22)31-19-25-23-17-28(18-24(23)25)16-20-10-4-1-5-11-20/h1-15,23-25,30H,16-19H2. The molecule has 0 amide bonds. The average Bonchev–Trinajstić information content (AvgIpc) is 3.29. The second-order valence-electron chi connectivity index (χ2n) is 8.71. The fourth-order valence-electron chi connectivity index (χ4n) is 4.99. The van der Waals surface area contributed by atoms with Crippen molar-refractivity contribution < 1.29 is 14.6 Å². The van der Waals surface area contributed by atoms with Gasteiger partial charge in [-0.1, -0.05) is 91.0 Å². The Morgan fingerprint density at radius 3 is 1.84 bits per heavy atom. The van der Waals surface area contributed by atoms with Gasteiger partial charge in [-0.2, -0.15) is 0 Å². The Kier molecular flexibility index (Phi) is 5.34. The lowest BCUT2D eigenvalue weighted by Crippen LogP contribution is -2.39. The highest BCUT2D eigenvalue weighted by Crippen LogP contribution is 2.52. The van der Waals surface area contributed by atoms with Crippen LogP contribution in [0, 0.1) is 17.8 Å². The molecule has 2 unspecified atom stereocenters. The third-order valence-electron chi connectivity index (χ3n) is 6.78. The van der Waals surface area contributed by atoms with Crippen molar-refractivity contribution in [1.29, 1.82) is 0 Å². The summed E-state index contributed by atoms with van der Waals surface area (Å²) in [5, 5.41) is 11.5. The molecule has 31 heavy (non-hydrogen) atoms. The summed E-state index contributed by atoms with van der Waals surface area (Å²) < 4.78 is 5.72. The summed E-state index contributed by atoms with van der Waals surface area (Å²) in [5.74, 6) is 0.957. The van der Waals surface area contributed by atoms with Crippen LogP contribution in [0.15, 0.2) is 91.0 Å². The van der Waals surface area contributed by atoms with Crippen molar-refractivity contribution in [3.05, 3.63) is 108 Å². The summed E-state index contributed by atoms with van der Waals surface area (Å²) in [6.45, 7) is 3.43. The number of carbonyl (C=O) groups is 1. The normalized spacial score (nSPS) is 22.7. The first kappa shape index (κ1) is 20.0. The molecule has 0 spiro atoms. The lowest BCUT2D eigenvalue weighted by molar-refractivity contribution is -0.163. The van der Waals surface area contributed by atoms with E-state index in [1.54, 1.807) is 24.3 Å². The second kappa shape index (κ2) is 8.29. The Labute approximate surface area is 183 Å². The Morgan fingerprint density at radius 2 is 1.32 bits per heavy atom. The number of hydrogen-bond acceptors (Lipinski definition) is 4. The van der Waals surface area contributed by atoms with Gasteiger partial charge in [-0.3, -0.25) is 4.90 Å². The van der Waals surface area contributed by atoms with Gasteiger partial charge >= 0.3 is 5.97 Å². The lowest BCUT2D eigenvalue weighted by Gasteiger charge is -2.27. The van der Waals surface area contributed by atoms with Gasteiger partial charge in [0.2, 0.25) is 5.60 Å². The molecule has 3 aromatic rings. The predicted molar refractivity (Wildman–Crippen MR) is 119 cm³/mol. The molecule has 1 N–H and O–H groups in total. The number of rotatable bonds is 7. The number of nitrogens with zero attached hydrogens (tertiary/aromatic N) is 1. The van der Waals surface area contributed by atoms with E-state index in [2.05, 4.69) is 29.2 Å². The predicted octanol–water partition coefficient (Wildman–Crippen LogP) is 3.84. The molecule has 2 fully saturated rings. The number of hydrogen-bond donors (Lipinski definition) is 1. The summed E-state index contributed by atoms with van der Waals surface area (Å²) in [5.41, 5.74) is 0.585. The maximum atomic E-state index is 13.1. The van der Waals surface area contributed by atoms with Crippen LogP contribution < -0.4 is 0 Å². The van der Waals surface area contributed by atoms with E-state index in [1.165, 1.54) is 5.56 Å². The molecular weight excluding hydrogens is 386 g/mol. The van der Waals surface area contributed by atoms with Crippen molar-refractivity contribution in [3.63, 3.8) is 0 Å². The van der Waals surface area contributed by atoms with E-state index in [1.807, 2.05) is 42.5 Å². The number of ether oxygens (including phenoxy) is 1. The first-order valence-electron chi connectivity index (χ1n) is 10.9. The zero-order chi connectivity index (χ0) is 21.3. The fourth-order valence-corrected chi connectivity index (χ4v) is 4.99. The highest BCUT2D eigenvalue weighted by molar-refractivity contribution is 5.85. The zero-order valence-corrected chi connectivity index (χ0v) is 17.4. The first-order chi connectivity index (χ1) is 15.2. The van der Waals surface area contributed by atoms with Crippen LogP contribution in [0.1, 0.15) is 16.7 Å². The Bertz CT molecular complexity index is 971. The van der Waals surface area contributed by atoms with E-state index in [4.69, 9.17) is 4.74 Å². The molecule has 4 nitrogen and oxygen atoms in total. The topological polar surface area (TPSA) is 49.8 Å². The largest absolute Gasteiger partial charge is 0.463 e. The molecule has 5 rings (SSSR count). The van der Waals surface area contributed by atoms with E-state index < -0.39 is 11.6 Å². The van der Waals surface area contributed by atoms with Crippen LogP contribution in [0.4, 0.5) is 0 Å². The minimum Gasteiger partial charge on any atom is -0.463 e. The van der Waals surface area contributed by atoms with Crippen LogP contribution in [0.3, 0.4) is 0 Å². The van der Waals surface area contributed by atoms with E-state index in [-0.39, 0.29) is 0 Å². The summed E-state index contributed by atoms with van der Waals surface area (Å²) in [7, 11) is 0. The number of carbonyl (C=O) groups excluding carboxylic acids is 1. The van der Waals surface area contributed by atoms with Crippen molar-refractivity contribution >= 4 is 5.97 Å². The van der Waals surface area contributed by atoms with Crippen LogP contribution in [-0.4, -0.2) is 35.7 Å². The van der Waals surface area contributed by atoms with E-state index >= 15 is 0 Å². The van der Waals surface area contributed by atoms with Crippen LogP contribution >= 0.6 is 0 Å². The maximum Gasteiger partial charge on any atom is 0.347 e. The molecule has 0 bridgehead atoms. The van der Waals surface area contributed by atoms with Gasteiger partial charge in [0.05, 0.1) is 6.61 Å². The number of likely N-dealkylation sites (tertiary alicyclic amines) is 1. The van der Waals surface area contributed by atoms with Gasteiger partial charge in [0.1, 0.15) is 0 Å². The Morgan fingerprint density at radius 1 is 0.839 bits per heavy atom.